The van der Waals surface area contributed by atoms with Crippen LogP contribution in [-0.4, -0.2) is 50.5 Å². The predicted octanol–water partition coefficient (Wildman–Crippen LogP) is 11.1. The molecule has 1 aliphatic heterocycles. The van der Waals surface area contributed by atoms with E-state index >= 15 is 4.79 Å². The summed E-state index contributed by atoms with van der Waals surface area (Å²) in [4.78, 5) is 52.7. The molecule has 9 heteroatoms. The lowest BCUT2D eigenvalue weighted by molar-refractivity contribution is -0.251. The van der Waals surface area contributed by atoms with E-state index in [0.717, 1.165) is 69.4 Å². The third-order valence-corrected chi connectivity index (χ3v) is 20.3. The lowest BCUT2D eigenvalue weighted by Gasteiger charge is -2.73. The van der Waals surface area contributed by atoms with E-state index in [9.17, 15) is 14.7 Å². The molecule has 7 aliphatic rings. The Morgan fingerprint density at radius 3 is 2.37 bits per heavy atom. The minimum Gasteiger partial charge on any atom is -0.481 e. The summed E-state index contributed by atoms with van der Waals surface area (Å²) in [5.74, 6) is 2.63. The second-order valence-electron chi connectivity index (χ2n) is 22.7. The van der Waals surface area contributed by atoms with Crippen LogP contribution in [0.4, 0.5) is 0 Å². The number of carbonyl (C=O) groups is 3. The molecule has 0 bridgehead atoms. The highest BCUT2D eigenvalue weighted by Gasteiger charge is 2.74. The number of nitrogens with one attached hydrogen (secondary N) is 1. The number of fused-ring (bicyclic) bond motifs is 7. The van der Waals surface area contributed by atoms with E-state index in [0.29, 0.717) is 40.9 Å². The zero-order valence-corrected chi connectivity index (χ0v) is 36.9. The number of ether oxygens (including phenoxy) is 1. The van der Waals surface area contributed by atoms with Gasteiger partial charge < -0.3 is 19.7 Å². The molecular formula is C48H69N3O5S. The van der Waals surface area contributed by atoms with Gasteiger partial charge >= 0.3 is 11.9 Å². The van der Waals surface area contributed by atoms with Gasteiger partial charge in [-0.1, -0.05) is 47.6 Å². The zero-order chi connectivity index (χ0) is 40.6. The van der Waals surface area contributed by atoms with Crippen molar-refractivity contribution in [2.45, 2.75) is 164 Å². The fourth-order valence-corrected chi connectivity index (χ4v) is 16.5. The highest BCUT2D eigenvalue weighted by atomic mass is 32.1. The number of imidazole rings is 1. The van der Waals surface area contributed by atoms with E-state index in [1.807, 2.05) is 6.20 Å². The molecule has 1 amide bonds. The average molecular weight is 800 g/mol. The van der Waals surface area contributed by atoms with Gasteiger partial charge in [0.15, 0.2) is 0 Å². The van der Waals surface area contributed by atoms with Crippen molar-refractivity contribution in [1.82, 2.24) is 14.9 Å². The molecule has 3 unspecified atom stereocenters. The van der Waals surface area contributed by atoms with Crippen LogP contribution in [0.25, 0.3) is 10.6 Å². The molecule has 0 spiro atoms. The first kappa shape index (κ1) is 39.8. The number of carbonyl (C=O) groups excluding carboxylic acids is 2. The van der Waals surface area contributed by atoms with Crippen LogP contribution < -0.4 is 0 Å². The molecule has 1 saturated heterocycles. The standard InChI is InChI=1S/C48H69N3O5S/c1-42(2,41(54)55)27-37(52)56-36-17-18-45(6)34(43(36,3)4)16-19-47(8)35(45)14-13-30-38-29(44(5)21-22-44)15-20-48(38,24-23-46(30,47)7)40(53)51-25-9-11-32(51)39-49-28-31(50-39)33-12-10-26-57-33/h10,12,26,28-30,32,34-36,38H,9,11,13-25,27H2,1-8H3,(H,49,50)(H,54,55)/t29-,30-,32?,34?,35-,36+,38?,45+,46-,47-,48+/m1/s1. The summed E-state index contributed by atoms with van der Waals surface area (Å²) < 4.78 is 6.24. The number of rotatable bonds is 8. The van der Waals surface area contributed by atoms with Crippen LogP contribution in [0.3, 0.4) is 0 Å². The lowest BCUT2D eigenvalue weighted by Crippen LogP contribution is -2.67. The number of amides is 1. The average Bonchev–Trinajstić information content (AvgIpc) is 3.74. The number of aromatic nitrogens is 2. The number of H-pyrrole nitrogens is 1. The number of aliphatic carboxylic acids is 1. The van der Waals surface area contributed by atoms with Crippen molar-refractivity contribution in [2.24, 2.45) is 67.5 Å². The maximum absolute atomic E-state index is 15.6. The smallest absolute Gasteiger partial charge is 0.309 e. The van der Waals surface area contributed by atoms with Crippen LogP contribution in [0, 0.1) is 67.5 Å². The number of hydrogen-bond donors (Lipinski definition) is 2. The summed E-state index contributed by atoms with van der Waals surface area (Å²) in [5, 5.41) is 11.8. The summed E-state index contributed by atoms with van der Waals surface area (Å²) in [6, 6.07) is 4.24. The monoisotopic (exact) mass is 799 g/mol. The van der Waals surface area contributed by atoms with Gasteiger partial charge in [-0.05, 0) is 166 Å². The fourth-order valence-electron chi connectivity index (χ4n) is 15.8. The summed E-state index contributed by atoms with van der Waals surface area (Å²) in [5.41, 5.74) is 0.242. The summed E-state index contributed by atoms with van der Waals surface area (Å²) in [7, 11) is 0. The summed E-state index contributed by atoms with van der Waals surface area (Å²) in [6.45, 7) is 19.2. The second-order valence-corrected chi connectivity index (χ2v) is 23.6. The fraction of sp³-hybridized carbons (Fsp3) is 0.792. The van der Waals surface area contributed by atoms with Crippen molar-refractivity contribution in [1.29, 1.82) is 0 Å². The van der Waals surface area contributed by atoms with Gasteiger partial charge in [-0.25, -0.2) is 4.98 Å². The lowest BCUT2D eigenvalue weighted by atomic mass is 9.32. The van der Waals surface area contributed by atoms with Gasteiger partial charge in [0.25, 0.3) is 0 Å². The topological polar surface area (TPSA) is 113 Å². The van der Waals surface area contributed by atoms with E-state index in [4.69, 9.17) is 9.72 Å². The van der Waals surface area contributed by atoms with Crippen LogP contribution in [-0.2, 0) is 19.1 Å². The van der Waals surface area contributed by atoms with E-state index in [-0.39, 0.29) is 51.6 Å². The second kappa shape index (κ2) is 13.2. The van der Waals surface area contributed by atoms with Gasteiger partial charge in [0.1, 0.15) is 11.9 Å². The molecule has 11 atom stereocenters. The molecule has 3 heterocycles. The predicted molar refractivity (Wildman–Crippen MR) is 223 cm³/mol. The third-order valence-electron chi connectivity index (χ3n) is 19.4. The van der Waals surface area contributed by atoms with Crippen molar-refractivity contribution < 1.29 is 24.2 Å². The van der Waals surface area contributed by atoms with Crippen LogP contribution in [0.2, 0.25) is 0 Å². The molecule has 0 radical (unpaired) electrons. The molecule has 57 heavy (non-hydrogen) atoms. The first-order valence-corrected chi connectivity index (χ1v) is 23.5. The van der Waals surface area contributed by atoms with Crippen molar-refractivity contribution in [3.05, 3.63) is 29.5 Å². The summed E-state index contributed by atoms with van der Waals surface area (Å²) in [6.07, 6.45) is 17.2. The highest BCUT2D eigenvalue weighted by molar-refractivity contribution is 7.13. The minimum atomic E-state index is -1.15. The number of nitrogens with zero attached hydrogens (tertiary/aromatic N) is 2. The molecule has 2 aromatic rings. The Hall–Kier alpha value is -2.68. The van der Waals surface area contributed by atoms with Gasteiger partial charge in [0.2, 0.25) is 5.91 Å². The van der Waals surface area contributed by atoms with Crippen LogP contribution >= 0.6 is 11.3 Å². The quantitative estimate of drug-likeness (QED) is 0.257. The number of carboxylic acids is 1. The first-order valence-electron chi connectivity index (χ1n) is 22.6. The molecule has 2 aromatic heterocycles. The van der Waals surface area contributed by atoms with E-state index in [1.54, 1.807) is 25.2 Å². The van der Waals surface area contributed by atoms with Crippen LogP contribution in [0.15, 0.2) is 23.7 Å². The Morgan fingerprint density at radius 1 is 0.895 bits per heavy atom. The normalized spacial score (nSPS) is 41.7. The van der Waals surface area contributed by atoms with Gasteiger partial charge in [0, 0.05) is 12.0 Å². The Labute approximate surface area is 345 Å². The molecule has 0 aromatic carbocycles. The molecule has 9 rings (SSSR count). The Bertz CT molecular complexity index is 1910. The molecular weight excluding hydrogens is 731 g/mol. The largest absolute Gasteiger partial charge is 0.481 e. The van der Waals surface area contributed by atoms with Gasteiger partial charge in [-0.3, -0.25) is 14.4 Å². The van der Waals surface area contributed by atoms with Crippen molar-refractivity contribution in [3.63, 3.8) is 0 Å². The van der Waals surface area contributed by atoms with Gasteiger partial charge in [0.05, 0.1) is 40.1 Å². The number of aromatic amines is 1. The Kier molecular flexibility index (Phi) is 9.18. The minimum absolute atomic E-state index is 0.0232. The SMILES string of the molecule is CC(C)(CC(=O)O[C@H]1CC[C@@]2(C)C(CC[C@]3(C)[C@@H]2CC[C@@H]2C4[C@H](C5(C)CC5)CC[C@]4(C(=O)N4CCCC4c4ncc(-c5cccs5)[nH]4)CC[C@]23C)C1(C)C)C(=O)O. The van der Waals surface area contributed by atoms with Crippen LogP contribution in [0.1, 0.15) is 164 Å². The molecule has 2 N–H and O–H groups in total. The maximum atomic E-state index is 15.6. The summed E-state index contributed by atoms with van der Waals surface area (Å²) >= 11 is 1.72. The van der Waals surface area contributed by atoms with Gasteiger partial charge in [-0.15, -0.1) is 11.3 Å². The molecule has 6 aliphatic carbocycles. The van der Waals surface area contributed by atoms with Crippen molar-refractivity contribution >= 4 is 29.2 Å². The van der Waals surface area contributed by atoms with E-state index in [2.05, 4.69) is 68.9 Å². The van der Waals surface area contributed by atoms with Gasteiger partial charge in [-0.2, -0.15) is 0 Å². The maximum Gasteiger partial charge on any atom is 0.309 e. The number of likely N-dealkylation sites (tertiary alicyclic amines) is 1. The van der Waals surface area contributed by atoms with E-state index in [1.165, 1.54) is 43.4 Å². The van der Waals surface area contributed by atoms with Crippen molar-refractivity contribution in [2.75, 3.05) is 6.54 Å². The molecule has 7 fully saturated rings. The van der Waals surface area contributed by atoms with Crippen molar-refractivity contribution in [3.8, 4) is 10.6 Å². The number of hydrogen-bond acceptors (Lipinski definition) is 6. The van der Waals surface area contributed by atoms with Crippen LogP contribution in [0.5, 0.6) is 0 Å². The number of thiophene rings is 1. The number of esters is 1. The molecule has 312 valence electrons. The van der Waals surface area contributed by atoms with E-state index < -0.39 is 11.4 Å². The molecule has 6 saturated carbocycles. The number of carboxylic acid groups (broad SMARTS) is 1. The Balaban J connectivity index is 0.993. The zero-order valence-electron chi connectivity index (χ0n) is 36.0. The first-order chi connectivity index (χ1) is 26.8. The Morgan fingerprint density at radius 2 is 1.67 bits per heavy atom. The third kappa shape index (κ3) is 5.75. The highest BCUT2D eigenvalue weighted by Crippen LogP contribution is 2.79. The molecule has 8 nitrogen and oxygen atoms in total.